The van der Waals surface area contributed by atoms with Gasteiger partial charge in [0.2, 0.25) is 0 Å². The molecule has 1 unspecified atom stereocenters. The largest absolute Gasteiger partial charge is 0.379 e. The highest BCUT2D eigenvalue weighted by Crippen LogP contribution is 2.20. The van der Waals surface area contributed by atoms with Crippen LogP contribution in [0.15, 0.2) is 42.5 Å². The van der Waals surface area contributed by atoms with Crippen molar-refractivity contribution in [3.8, 4) is 0 Å². The number of hydrogen-bond acceptors (Lipinski definition) is 2. The number of ether oxygens (including phenoxy) is 1. The molecule has 0 aliphatic carbocycles. The number of nitrogens with one attached hydrogen (secondary N) is 1. The van der Waals surface area contributed by atoms with E-state index in [2.05, 4.69) is 54.7 Å². The Bertz CT molecular complexity index is 544. The number of rotatable bonds is 3. The summed E-state index contributed by atoms with van der Waals surface area (Å²) in [6.45, 7) is 4.84. The van der Waals surface area contributed by atoms with Gasteiger partial charge in [0.15, 0.2) is 0 Å². The molecule has 0 amide bonds. The minimum atomic E-state index is 0.144. The molecule has 1 heterocycles. The summed E-state index contributed by atoms with van der Waals surface area (Å²) >= 11 is 0. The lowest BCUT2D eigenvalue weighted by atomic mass is 10.0. The fourth-order valence-electron chi connectivity index (χ4n) is 2.47. The molecule has 1 fully saturated rings. The van der Waals surface area contributed by atoms with Gasteiger partial charge in [-0.05, 0) is 35.7 Å². The van der Waals surface area contributed by atoms with Crippen molar-refractivity contribution in [2.24, 2.45) is 0 Å². The van der Waals surface area contributed by atoms with Gasteiger partial charge in [0.1, 0.15) is 0 Å². The first-order valence-corrected chi connectivity index (χ1v) is 6.56. The first kappa shape index (κ1) is 11.7. The van der Waals surface area contributed by atoms with Crippen LogP contribution in [0.4, 0.5) is 0 Å². The molecule has 3 rings (SSSR count). The van der Waals surface area contributed by atoms with Crippen LogP contribution in [0.5, 0.6) is 0 Å². The van der Waals surface area contributed by atoms with E-state index in [4.69, 9.17) is 4.74 Å². The van der Waals surface area contributed by atoms with Crippen LogP contribution in [0.3, 0.4) is 0 Å². The van der Waals surface area contributed by atoms with Crippen molar-refractivity contribution < 1.29 is 4.74 Å². The lowest BCUT2D eigenvalue weighted by Gasteiger charge is -2.23. The van der Waals surface area contributed by atoms with Gasteiger partial charge in [-0.1, -0.05) is 36.4 Å². The molecule has 1 aliphatic rings. The van der Waals surface area contributed by atoms with Crippen LogP contribution < -0.4 is 5.32 Å². The summed E-state index contributed by atoms with van der Waals surface area (Å²) in [5.41, 5.74) is 1.48. The quantitative estimate of drug-likeness (QED) is 0.891. The molecule has 2 nitrogen and oxygen atoms in total. The van der Waals surface area contributed by atoms with Gasteiger partial charge in [0, 0.05) is 18.7 Å². The average molecular weight is 241 g/mol. The second-order valence-electron chi connectivity index (χ2n) is 5.40. The third-order valence-electron chi connectivity index (χ3n) is 3.75. The maximum absolute atomic E-state index is 5.46. The molecule has 94 valence electrons. The van der Waals surface area contributed by atoms with E-state index in [0.717, 1.165) is 26.2 Å². The van der Waals surface area contributed by atoms with Gasteiger partial charge in [-0.25, -0.2) is 0 Å². The van der Waals surface area contributed by atoms with Crippen molar-refractivity contribution in [1.29, 1.82) is 0 Å². The Morgan fingerprint density at radius 3 is 2.78 bits per heavy atom. The van der Waals surface area contributed by atoms with E-state index in [0.29, 0.717) is 0 Å². The normalized spacial score (nSPS) is 23.6. The second-order valence-corrected chi connectivity index (χ2v) is 5.40. The maximum atomic E-state index is 5.46. The molecule has 0 spiro atoms. The van der Waals surface area contributed by atoms with E-state index in [-0.39, 0.29) is 5.54 Å². The Balaban J connectivity index is 1.74. The van der Waals surface area contributed by atoms with Crippen molar-refractivity contribution in [2.45, 2.75) is 25.4 Å². The van der Waals surface area contributed by atoms with Crippen LogP contribution in [-0.2, 0) is 11.3 Å². The molecule has 1 atom stereocenters. The van der Waals surface area contributed by atoms with Crippen molar-refractivity contribution in [3.63, 3.8) is 0 Å². The zero-order valence-electron chi connectivity index (χ0n) is 10.8. The van der Waals surface area contributed by atoms with E-state index in [9.17, 15) is 0 Å². The molecule has 0 aromatic heterocycles. The van der Waals surface area contributed by atoms with E-state index >= 15 is 0 Å². The Morgan fingerprint density at radius 1 is 1.17 bits per heavy atom. The summed E-state index contributed by atoms with van der Waals surface area (Å²) < 4.78 is 5.46. The standard InChI is InChI=1S/C16H19NO/c1-16(8-9-18-12-16)17-11-13-6-7-14-4-2-3-5-15(14)10-13/h2-7,10,17H,8-9,11-12H2,1H3. The molecule has 18 heavy (non-hydrogen) atoms. The van der Waals surface area contributed by atoms with Gasteiger partial charge < -0.3 is 10.1 Å². The Hall–Kier alpha value is -1.38. The Morgan fingerprint density at radius 2 is 2.00 bits per heavy atom. The Kier molecular flexibility index (Phi) is 3.06. The smallest absolute Gasteiger partial charge is 0.0646 e. The number of benzene rings is 2. The van der Waals surface area contributed by atoms with Gasteiger partial charge in [-0.15, -0.1) is 0 Å². The van der Waals surface area contributed by atoms with Crippen LogP contribution in [0, 0.1) is 0 Å². The monoisotopic (exact) mass is 241 g/mol. The maximum Gasteiger partial charge on any atom is 0.0646 e. The molecule has 2 heteroatoms. The zero-order valence-corrected chi connectivity index (χ0v) is 10.8. The summed E-state index contributed by atoms with van der Waals surface area (Å²) in [4.78, 5) is 0. The van der Waals surface area contributed by atoms with Crippen LogP contribution in [0.25, 0.3) is 10.8 Å². The fraction of sp³-hybridized carbons (Fsp3) is 0.375. The third-order valence-corrected chi connectivity index (χ3v) is 3.75. The van der Waals surface area contributed by atoms with Crippen molar-refractivity contribution in [3.05, 3.63) is 48.0 Å². The predicted molar refractivity (Wildman–Crippen MR) is 74.6 cm³/mol. The minimum Gasteiger partial charge on any atom is -0.379 e. The van der Waals surface area contributed by atoms with Gasteiger partial charge >= 0.3 is 0 Å². The zero-order chi connectivity index (χ0) is 12.4. The summed E-state index contributed by atoms with van der Waals surface area (Å²) in [7, 11) is 0. The lowest BCUT2D eigenvalue weighted by Crippen LogP contribution is -2.42. The first-order chi connectivity index (χ1) is 8.75. The molecule has 1 saturated heterocycles. The van der Waals surface area contributed by atoms with Gasteiger partial charge in [-0.2, -0.15) is 0 Å². The summed E-state index contributed by atoms with van der Waals surface area (Å²) in [6, 6.07) is 15.1. The van der Waals surface area contributed by atoms with E-state index in [1.807, 2.05) is 0 Å². The highest BCUT2D eigenvalue weighted by atomic mass is 16.5. The molecule has 2 aromatic carbocycles. The molecular formula is C16H19NO. The molecule has 1 aliphatic heterocycles. The van der Waals surface area contributed by atoms with Crippen LogP contribution in [0.2, 0.25) is 0 Å². The predicted octanol–water partition coefficient (Wildman–Crippen LogP) is 3.11. The molecule has 1 N–H and O–H groups in total. The van der Waals surface area contributed by atoms with E-state index in [1.54, 1.807) is 0 Å². The topological polar surface area (TPSA) is 21.3 Å². The average Bonchev–Trinajstić information content (AvgIpc) is 2.84. The third kappa shape index (κ3) is 2.40. The first-order valence-electron chi connectivity index (χ1n) is 6.56. The molecule has 0 radical (unpaired) electrons. The molecular weight excluding hydrogens is 222 g/mol. The highest BCUT2D eigenvalue weighted by molar-refractivity contribution is 5.82. The minimum absolute atomic E-state index is 0.144. The molecule has 0 saturated carbocycles. The Labute approximate surface area is 108 Å². The van der Waals surface area contributed by atoms with Crippen molar-refractivity contribution in [1.82, 2.24) is 5.32 Å². The molecule has 0 bridgehead atoms. The van der Waals surface area contributed by atoms with Crippen molar-refractivity contribution in [2.75, 3.05) is 13.2 Å². The summed E-state index contributed by atoms with van der Waals surface area (Å²) in [5.74, 6) is 0. The lowest BCUT2D eigenvalue weighted by molar-refractivity contribution is 0.171. The second kappa shape index (κ2) is 4.71. The highest BCUT2D eigenvalue weighted by Gasteiger charge is 2.28. The van der Waals surface area contributed by atoms with Gasteiger partial charge in [-0.3, -0.25) is 0 Å². The van der Waals surface area contributed by atoms with Gasteiger partial charge in [0.05, 0.1) is 6.61 Å². The molecule has 2 aromatic rings. The van der Waals surface area contributed by atoms with Crippen LogP contribution in [0.1, 0.15) is 18.9 Å². The van der Waals surface area contributed by atoms with Gasteiger partial charge in [0.25, 0.3) is 0 Å². The van der Waals surface area contributed by atoms with Crippen LogP contribution >= 0.6 is 0 Å². The summed E-state index contributed by atoms with van der Waals surface area (Å²) in [5, 5.41) is 6.23. The van der Waals surface area contributed by atoms with Crippen LogP contribution in [-0.4, -0.2) is 18.8 Å². The number of fused-ring (bicyclic) bond motifs is 1. The van der Waals surface area contributed by atoms with Crippen molar-refractivity contribution >= 4 is 10.8 Å². The van der Waals surface area contributed by atoms with E-state index in [1.165, 1.54) is 16.3 Å². The van der Waals surface area contributed by atoms with E-state index < -0.39 is 0 Å². The summed E-state index contributed by atoms with van der Waals surface area (Å²) in [6.07, 6.45) is 1.10. The SMILES string of the molecule is CC1(NCc2ccc3ccccc3c2)CCOC1. The fourth-order valence-corrected chi connectivity index (χ4v) is 2.47. The number of hydrogen-bond donors (Lipinski definition) is 1.